The van der Waals surface area contributed by atoms with Gasteiger partial charge in [0.2, 0.25) is 0 Å². The second-order valence-electron chi connectivity index (χ2n) is 5.32. The van der Waals surface area contributed by atoms with Gasteiger partial charge in [-0.1, -0.05) is 31.9 Å². The number of aromatic nitrogens is 2. The van der Waals surface area contributed by atoms with Crippen LogP contribution in [-0.4, -0.2) is 16.7 Å². The van der Waals surface area contributed by atoms with E-state index in [1.54, 1.807) is 7.11 Å². The van der Waals surface area contributed by atoms with E-state index in [0.29, 0.717) is 5.92 Å². The van der Waals surface area contributed by atoms with E-state index in [1.165, 1.54) is 24.8 Å². The van der Waals surface area contributed by atoms with Gasteiger partial charge >= 0.3 is 0 Å². The molecule has 1 atom stereocenters. The highest BCUT2D eigenvalue weighted by atomic mass is 16.5. The number of methoxy groups -OCH3 is 1. The fraction of sp³-hybridized carbons (Fsp3) is 0.471. The predicted molar refractivity (Wildman–Crippen MR) is 81.9 cm³/mol. The minimum Gasteiger partial charge on any atom is -0.497 e. The quantitative estimate of drug-likeness (QED) is 0.727. The van der Waals surface area contributed by atoms with Crippen molar-refractivity contribution < 1.29 is 4.74 Å². The van der Waals surface area contributed by atoms with Gasteiger partial charge in [-0.3, -0.25) is 0 Å². The van der Waals surface area contributed by atoms with Crippen LogP contribution in [0.15, 0.2) is 43.0 Å². The Morgan fingerprint density at radius 2 is 2.05 bits per heavy atom. The van der Waals surface area contributed by atoms with E-state index >= 15 is 0 Å². The van der Waals surface area contributed by atoms with E-state index in [9.17, 15) is 0 Å². The van der Waals surface area contributed by atoms with Gasteiger partial charge in [0, 0.05) is 18.9 Å². The largest absolute Gasteiger partial charge is 0.497 e. The molecule has 0 radical (unpaired) electrons. The molecular weight excluding hydrogens is 248 g/mol. The normalized spacial score (nSPS) is 12.3. The Morgan fingerprint density at radius 3 is 2.65 bits per heavy atom. The second kappa shape index (κ2) is 7.73. The van der Waals surface area contributed by atoms with E-state index in [-0.39, 0.29) is 0 Å². The summed E-state index contributed by atoms with van der Waals surface area (Å²) in [6, 6.07) is 8.43. The first-order valence-electron chi connectivity index (χ1n) is 7.40. The zero-order chi connectivity index (χ0) is 14.2. The average molecular weight is 272 g/mol. The van der Waals surface area contributed by atoms with E-state index < -0.39 is 0 Å². The van der Waals surface area contributed by atoms with Gasteiger partial charge in [0.1, 0.15) is 5.75 Å². The molecule has 0 aliphatic rings. The Labute approximate surface area is 121 Å². The number of benzene rings is 1. The molecule has 0 spiro atoms. The summed E-state index contributed by atoms with van der Waals surface area (Å²) in [5.41, 5.74) is 1.38. The summed E-state index contributed by atoms with van der Waals surface area (Å²) >= 11 is 0. The van der Waals surface area contributed by atoms with Crippen LogP contribution < -0.4 is 4.74 Å². The summed E-state index contributed by atoms with van der Waals surface area (Å²) in [6.45, 7) is 3.30. The lowest BCUT2D eigenvalue weighted by Crippen LogP contribution is -2.12. The third-order valence-corrected chi connectivity index (χ3v) is 3.68. The highest BCUT2D eigenvalue weighted by molar-refractivity contribution is 5.27. The minimum atomic E-state index is 0.664. The van der Waals surface area contributed by atoms with Crippen LogP contribution in [0.3, 0.4) is 0 Å². The minimum absolute atomic E-state index is 0.664. The van der Waals surface area contributed by atoms with Crippen molar-refractivity contribution in [2.24, 2.45) is 5.92 Å². The standard InChI is InChI=1S/C17H24N2O/c1-3-4-5-16(13-19-11-10-18-14-19)12-15-6-8-17(20-2)9-7-15/h6-11,14,16H,3-5,12-13H2,1-2H3. The molecule has 0 amide bonds. The smallest absolute Gasteiger partial charge is 0.118 e. The number of hydrogen-bond donors (Lipinski definition) is 0. The first kappa shape index (κ1) is 14.6. The molecule has 0 N–H and O–H groups in total. The Bertz CT molecular complexity index is 476. The number of hydrogen-bond acceptors (Lipinski definition) is 2. The van der Waals surface area contributed by atoms with Crippen LogP contribution in [-0.2, 0) is 13.0 Å². The molecule has 108 valence electrons. The zero-order valence-corrected chi connectivity index (χ0v) is 12.5. The Balaban J connectivity index is 1.98. The van der Waals surface area contributed by atoms with Crippen LogP contribution in [0, 0.1) is 5.92 Å². The SMILES string of the molecule is CCCCC(Cc1ccc(OC)cc1)Cn1ccnc1. The van der Waals surface area contributed by atoms with Gasteiger partial charge in [0.25, 0.3) is 0 Å². The van der Waals surface area contributed by atoms with Crippen LogP contribution in [0.25, 0.3) is 0 Å². The lowest BCUT2D eigenvalue weighted by Gasteiger charge is -2.17. The lowest BCUT2D eigenvalue weighted by atomic mass is 9.94. The Kier molecular flexibility index (Phi) is 5.66. The highest BCUT2D eigenvalue weighted by Gasteiger charge is 2.10. The number of rotatable bonds is 8. The molecule has 3 nitrogen and oxygen atoms in total. The predicted octanol–water partition coefficient (Wildman–Crippen LogP) is 3.94. The first-order valence-corrected chi connectivity index (χ1v) is 7.40. The molecule has 0 fully saturated rings. The molecule has 0 saturated heterocycles. The molecule has 1 aromatic carbocycles. The van der Waals surface area contributed by atoms with E-state index in [2.05, 4.69) is 28.6 Å². The first-order chi connectivity index (χ1) is 9.81. The number of nitrogens with zero attached hydrogens (tertiary/aromatic N) is 2. The van der Waals surface area contributed by atoms with Gasteiger partial charge in [-0.2, -0.15) is 0 Å². The van der Waals surface area contributed by atoms with Gasteiger partial charge in [0.05, 0.1) is 13.4 Å². The van der Waals surface area contributed by atoms with Crippen molar-refractivity contribution in [2.45, 2.75) is 39.2 Å². The maximum absolute atomic E-state index is 5.21. The van der Waals surface area contributed by atoms with Crippen molar-refractivity contribution in [3.8, 4) is 5.75 Å². The third-order valence-electron chi connectivity index (χ3n) is 3.68. The van der Waals surface area contributed by atoms with Gasteiger partial charge in [-0.15, -0.1) is 0 Å². The van der Waals surface area contributed by atoms with Crippen molar-refractivity contribution in [1.82, 2.24) is 9.55 Å². The molecule has 2 aromatic rings. The van der Waals surface area contributed by atoms with E-state index in [0.717, 1.165) is 18.7 Å². The molecule has 0 aliphatic carbocycles. The monoisotopic (exact) mass is 272 g/mol. The van der Waals surface area contributed by atoms with Crippen LogP contribution in [0.4, 0.5) is 0 Å². The van der Waals surface area contributed by atoms with Gasteiger partial charge in [0.15, 0.2) is 0 Å². The molecule has 1 unspecified atom stereocenters. The zero-order valence-electron chi connectivity index (χ0n) is 12.5. The number of unbranched alkanes of at least 4 members (excludes halogenated alkanes) is 1. The van der Waals surface area contributed by atoms with Crippen molar-refractivity contribution in [3.05, 3.63) is 48.5 Å². The summed E-state index contributed by atoms with van der Waals surface area (Å²) in [5, 5.41) is 0. The summed E-state index contributed by atoms with van der Waals surface area (Å²) in [6.07, 6.45) is 10.7. The molecule has 1 aromatic heterocycles. The van der Waals surface area contributed by atoms with Crippen molar-refractivity contribution in [2.75, 3.05) is 7.11 Å². The van der Waals surface area contributed by atoms with Crippen LogP contribution in [0.2, 0.25) is 0 Å². The molecule has 0 bridgehead atoms. The van der Waals surface area contributed by atoms with Gasteiger partial charge in [-0.25, -0.2) is 4.98 Å². The summed E-state index contributed by atoms with van der Waals surface area (Å²) in [4.78, 5) is 4.13. The molecule has 2 rings (SSSR count). The summed E-state index contributed by atoms with van der Waals surface area (Å²) < 4.78 is 7.40. The molecule has 20 heavy (non-hydrogen) atoms. The van der Waals surface area contributed by atoms with Crippen LogP contribution >= 0.6 is 0 Å². The van der Waals surface area contributed by atoms with Crippen molar-refractivity contribution in [3.63, 3.8) is 0 Å². The maximum atomic E-state index is 5.21. The van der Waals surface area contributed by atoms with Crippen LogP contribution in [0.5, 0.6) is 5.75 Å². The molecule has 0 aliphatic heterocycles. The summed E-state index contributed by atoms with van der Waals surface area (Å²) in [5.74, 6) is 1.59. The number of imidazole rings is 1. The average Bonchev–Trinajstić information content (AvgIpc) is 2.98. The lowest BCUT2D eigenvalue weighted by molar-refractivity contribution is 0.398. The van der Waals surface area contributed by atoms with Crippen LogP contribution in [0.1, 0.15) is 31.7 Å². The van der Waals surface area contributed by atoms with Crippen molar-refractivity contribution >= 4 is 0 Å². The van der Waals surface area contributed by atoms with E-state index in [4.69, 9.17) is 4.74 Å². The molecule has 0 saturated carbocycles. The third kappa shape index (κ3) is 4.41. The van der Waals surface area contributed by atoms with E-state index in [1.807, 2.05) is 30.9 Å². The van der Waals surface area contributed by atoms with Gasteiger partial charge < -0.3 is 9.30 Å². The fourth-order valence-corrected chi connectivity index (χ4v) is 2.54. The maximum Gasteiger partial charge on any atom is 0.118 e. The topological polar surface area (TPSA) is 27.1 Å². The Hall–Kier alpha value is -1.77. The molecular formula is C17H24N2O. The van der Waals surface area contributed by atoms with Gasteiger partial charge in [-0.05, 0) is 36.5 Å². The number of ether oxygens (including phenoxy) is 1. The highest BCUT2D eigenvalue weighted by Crippen LogP contribution is 2.19. The molecule has 1 heterocycles. The Morgan fingerprint density at radius 1 is 1.25 bits per heavy atom. The second-order valence-corrected chi connectivity index (χ2v) is 5.32. The van der Waals surface area contributed by atoms with Crippen molar-refractivity contribution in [1.29, 1.82) is 0 Å². The fourth-order valence-electron chi connectivity index (χ4n) is 2.54. The summed E-state index contributed by atoms with van der Waals surface area (Å²) in [7, 11) is 1.71. The molecule has 3 heteroatoms.